The molecule has 0 unspecified atom stereocenters. The number of sulfonamides is 1. The Morgan fingerprint density at radius 3 is 2.31 bits per heavy atom. The highest BCUT2D eigenvalue weighted by Gasteiger charge is 2.27. The second kappa shape index (κ2) is 9.46. The lowest BCUT2D eigenvalue weighted by molar-refractivity contribution is -0.122. The highest BCUT2D eigenvalue weighted by molar-refractivity contribution is 8.03. The molecule has 0 fully saturated rings. The predicted molar refractivity (Wildman–Crippen MR) is 118 cm³/mol. The Morgan fingerprint density at radius 1 is 1.03 bits per heavy atom. The van der Waals surface area contributed by atoms with E-state index in [0.29, 0.717) is 0 Å². The molecule has 1 aliphatic carbocycles. The van der Waals surface area contributed by atoms with Gasteiger partial charge in [0, 0.05) is 22.9 Å². The Kier molecular flexibility index (Phi) is 6.98. The third kappa shape index (κ3) is 5.40. The van der Waals surface area contributed by atoms with Crippen LogP contribution in [0.5, 0.6) is 0 Å². The van der Waals surface area contributed by atoms with Crippen molar-refractivity contribution in [3.63, 3.8) is 0 Å². The number of carbonyl (C=O) groups excluding carboxylic acids is 1. The smallest absolute Gasteiger partial charge is 0.270 e. The van der Waals surface area contributed by atoms with Gasteiger partial charge >= 0.3 is 0 Å². The van der Waals surface area contributed by atoms with Gasteiger partial charge in [0.25, 0.3) is 10.0 Å². The molecule has 0 N–H and O–H groups in total. The molecule has 0 aromatic heterocycles. The molecule has 0 atom stereocenters. The average Bonchev–Trinajstić information content (AvgIpc) is 2.72. The molecule has 0 heterocycles. The minimum atomic E-state index is -3.98. The van der Waals surface area contributed by atoms with Crippen LogP contribution in [-0.4, -0.2) is 18.6 Å². The maximum atomic E-state index is 13.2. The van der Waals surface area contributed by atoms with Crippen LogP contribution in [0, 0.1) is 6.92 Å². The molecular weight excluding hydrogens is 402 g/mol. The van der Waals surface area contributed by atoms with Crippen LogP contribution in [0.25, 0.3) is 0 Å². The van der Waals surface area contributed by atoms with Gasteiger partial charge in [-0.05, 0) is 62.4 Å². The van der Waals surface area contributed by atoms with Gasteiger partial charge in [0.15, 0.2) is 0 Å². The number of amides is 1. The molecule has 1 amide bonds. The van der Waals surface area contributed by atoms with Gasteiger partial charge in [0.2, 0.25) is 5.91 Å². The fraction of sp³-hybridized carbons (Fsp3) is 0.261. The van der Waals surface area contributed by atoms with E-state index in [1.54, 1.807) is 24.3 Å². The molecule has 0 bridgehead atoms. The fourth-order valence-corrected chi connectivity index (χ4v) is 5.49. The van der Waals surface area contributed by atoms with E-state index in [1.165, 1.54) is 24.9 Å². The lowest BCUT2D eigenvalue weighted by Gasteiger charge is -2.21. The SMILES string of the molecule is CC(=O)N(/C=C(\Sc1ccccc1)C1=CCCCC1)S(=O)(=O)c1ccc(C)cc1. The van der Waals surface area contributed by atoms with Crippen molar-refractivity contribution < 1.29 is 13.2 Å². The number of nitrogens with zero attached hydrogens (tertiary/aromatic N) is 1. The van der Waals surface area contributed by atoms with Gasteiger partial charge in [-0.1, -0.05) is 53.7 Å². The molecule has 0 saturated heterocycles. The summed E-state index contributed by atoms with van der Waals surface area (Å²) in [5, 5.41) is 0. The van der Waals surface area contributed by atoms with E-state index in [2.05, 4.69) is 6.08 Å². The third-order valence-electron chi connectivity index (χ3n) is 4.70. The number of aryl methyl sites for hydroxylation is 1. The van der Waals surface area contributed by atoms with Crippen LogP contribution in [0.15, 0.2) is 87.1 Å². The number of hydrogen-bond donors (Lipinski definition) is 0. The molecule has 1 aliphatic rings. The quantitative estimate of drug-likeness (QED) is 0.558. The average molecular weight is 428 g/mol. The number of hydrogen-bond acceptors (Lipinski definition) is 4. The lowest BCUT2D eigenvalue weighted by atomic mass is 9.99. The first-order valence-corrected chi connectivity index (χ1v) is 11.9. The zero-order valence-electron chi connectivity index (χ0n) is 16.7. The summed E-state index contributed by atoms with van der Waals surface area (Å²) in [7, 11) is -3.98. The molecule has 2 aromatic carbocycles. The minimum Gasteiger partial charge on any atom is -0.274 e. The van der Waals surface area contributed by atoms with Crippen LogP contribution in [0.4, 0.5) is 0 Å². The van der Waals surface area contributed by atoms with E-state index in [4.69, 9.17) is 0 Å². The third-order valence-corrected chi connectivity index (χ3v) is 7.54. The lowest BCUT2D eigenvalue weighted by Crippen LogP contribution is -2.30. The highest BCUT2D eigenvalue weighted by atomic mass is 32.2. The van der Waals surface area contributed by atoms with Gasteiger partial charge in [-0.15, -0.1) is 0 Å². The first kappa shape index (κ1) is 21.4. The number of benzene rings is 2. The molecule has 0 aliphatic heterocycles. The van der Waals surface area contributed by atoms with Crippen molar-refractivity contribution in [1.82, 2.24) is 4.31 Å². The van der Waals surface area contributed by atoms with Crippen LogP contribution in [0.2, 0.25) is 0 Å². The Bertz CT molecular complexity index is 1020. The summed E-state index contributed by atoms with van der Waals surface area (Å²) in [5.74, 6) is -0.534. The number of carbonyl (C=O) groups is 1. The van der Waals surface area contributed by atoms with Crippen LogP contribution >= 0.6 is 11.8 Å². The van der Waals surface area contributed by atoms with Crippen molar-refractivity contribution in [2.45, 2.75) is 49.3 Å². The maximum absolute atomic E-state index is 13.2. The minimum absolute atomic E-state index is 0.108. The van der Waals surface area contributed by atoms with E-state index < -0.39 is 15.9 Å². The van der Waals surface area contributed by atoms with Gasteiger partial charge in [-0.25, -0.2) is 12.7 Å². The molecule has 0 saturated carbocycles. The van der Waals surface area contributed by atoms with E-state index in [9.17, 15) is 13.2 Å². The summed E-state index contributed by atoms with van der Waals surface area (Å²) >= 11 is 1.49. The van der Waals surface area contributed by atoms with Crippen LogP contribution in [-0.2, 0) is 14.8 Å². The molecule has 2 aromatic rings. The van der Waals surface area contributed by atoms with Gasteiger partial charge in [0.1, 0.15) is 0 Å². The highest BCUT2D eigenvalue weighted by Crippen LogP contribution is 2.37. The summed E-state index contributed by atoms with van der Waals surface area (Å²) in [4.78, 5) is 14.3. The van der Waals surface area contributed by atoms with E-state index in [0.717, 1.165) is 50.9 Å². The normalized spacial score (nSPS) is 15.0. The van der Waals surface area contributed by atoms with Crippen LogP contribution in [0.3, 0.4) is 0 Å². The first-order valence-electron chi connectivity index (χ1n) is 9.64. The Labute approximate surface area is 177 Å². The van der Waals surface area contributed by atoms with Crippen molar-refractivity contribution in [1.29, 1.82) is 0 Å². The zero-order chi connectivity index (χ0) is 20.9. The molecule has 0 spiro atoms. The largest absolute Gasteiger partial charge is 0.274 e. The van der Waals surface area contributed by atoms with Crippen molar-refractivity contribution in [3.8, 4) is 0 Å². The maximum Gasteiger partial charge on any atom is 0.270 e. The topological polar surface area (TPSA) is 54.5 Å². The predicted octanol–water partition coefficient (Wildman–Crippen LogP) is 5.67. The van der Waals surface area contributed by atoms with Gasteiger partial charge in [0.05, 0.1) is 4.90 Å². The number of thioether (sulfide) groups is 1. The van der Waals surface area contributed by atoms with Gasteiger partial charge in [-0.3, -0.25) is 4.79 Å². The molecule has 0 radical (unpaired) electrons. The second-order valence-electron chi connectivity index (χ2n) is 7.02. The van der Waals surface area contributed by atoms with Crippen molar-refractivity contribution in [2.24, 2.45) is 0 Å². The Balaban J connectivity index is 2.04. The first-order chi connectivity index (χ1) is 13.9. The van der Waals surface area contributed by atoms with Crippen LogP contribution < -0.4 is 0 Å². The molecule has 6 heteroatoms. The van der Waals surface area contributed by atoms with Gasteiger partial charge in [-0.2, -0.15) is 0 Å². The summed E-state index contributed by atoms with van der Waals surface area (Å²) in [6.07, 6.45) is 7.68. The van der Waals surface area contributed by atoms with E-state index in [1.807, 2.05) is 37.3 Å². The summed E-state index contributed by atoms with van der Waals surface area (Å²) in [6.45, 7) is 3.17. The second-order valence-corrected chi connectivity index (χ2v) is 9.95. The number of rotatable bonds is 6. The number of allylic oxidation sites excluding steroid dienone is 2. The molecule has 4 nitrogen and oxygen atoms in total. The van der Waals surface area contributed by atoms with Crippen LogP contribution in [0.1, 0.15) is 38.2 Å². The van der Waals surface area contributed by atoms with E-state index in [-0.39, 0.29) is 4.90 Å². The monoisotopic (exact) mass is 427 g/mol. The standard InChI is InChI=1S/C23H25NO3S2/c1-18-13-15-22(16-14-18)29(26,27)24(19(2)25)17-23(20-9-5-3-6-10-20)28-21-11-7-4-8-12-21/h4,7-9,11-17H,3,5-6,10H2,1-2H3/b23-17-. The Morgan fingerprint density at radius 2 is 1.72 bits per heavy atom. The van der Waals surface area contributed by atoms with Crippen molar-refractivity contribution >= 4 is 27.7 Å². The summed E-state index contributed by atoms with van der Waals surface area (Å²) < 4.78 is 27.2. The van der Waals surface area contributed by atoms with E-state index >= 15 is 0 Å². The molecule has 3 rings (SSSR count). The summed E-state index contributed by atoms with van der Waals surface area (Å²) in [5.41, 5.74) is 2.05. The Hall–Kier alpha value is -2.31. The zero-order valence-corrected chi connectivity index (χ0v) is 18.3. The van der Waals surface area contributed by atoms with Crippen molar-refractivity contribution in [2.75, 3.05) is 0 Å². The molecular formula is C23H25NO3S2. The summed E-state index contributed by atoms with van der Waals surface area (Å²) in [6, 6.07) is 16.3. The fourth-order valence-electron chi connectivity index (χ4n) is 3.11. The molecule has 29 heavy (non-hydrogen) atoms. The van der Waals surface area contributed by atoms with Gasteiger partial charge < -0.3 is 0 Å². The molecule has 152 valence electrons. The van der Waals surface area contributed by atoms with Crippen molar-refractivity contribution in [3.05, 3.63) is 82.9 Å².